The first-order chi connectivity index (χ1) is 13.6. The molecule has 0 fully saturated rings. The van der Waals surface area contributed by atoms with Gasteiger partial charge in [-0.15, -0.1) is 0 Å². The molecule has 0 bridgehead atoms. The van der Waals surface area contributed by atoms with Gasteiger partial charge in [0, 0.05) is 23.3 Å². The Balaban J connectivity index is 1.85. The minimum atomic E-state index is -0.431. The van der Waals surface area contributed by atoms with Crippen molar-refractivity contribution in [3.05, 3.63) is 70.3 Å². The summed E-state index contributed by atoms with van der Waals surface area (Å²) in [5.41, 5.74) is 1.68. The standard InChI is InChI=1S/C17H14N6O4S/c24-9-12-3-5-21(19-12)15-7-11(14-1-2-17(28-14)23(26)27)8-16(18-15)22-6-4-13(10-25)20-22/h1-8,24-25H,9-10H2. The number of hydrogen-bond donors (Lipinski definition) is 2. The molecular weight excluding hydrogens is 384 g/mol. The Hall–Kier alpha value is -3.41. The molecule has 0 spiro atoms. The van der Waals surface area contributed by atoms with E-state index < -0.39 is 4.92 Å². The third-order valence-electron chi connectivity index (χ3n) is 3.94. The van der Waals surface area contributed by atoms with E-state index in [4.69, 9.17) is 0 Å². The Kier molecular flexibility index (Phi) is 4.69. The van der Waals surface area contributed by atoms with Crippen LogP contribution < -0.4 is 0 Å². The summed E-state index contributed by atoms with van der Waals surface area (Å²) in [6, 6.07) is 9.97. The fourth-order valence-corrected chi connectivity index (χ4v) is 3.41. The summed E-state index contributed by atoms with van der Waals surface area (Å²) >= 11 is 1.06. The molecule has 11 heteroatoms. The molecule has 0 atom stereocenters. The molecule has 0 aliphatic carbocycles. The van der Waals surface area contributed by atoms with Crippen LogP contribution in [0.3, 0.4) is 0 Å². The highest BCUT2D eigenvalue weighted by Gasteiger charge is 2.15. The SMILES string of the molecule is O=[N+]([O-])c1ccc(-c2cc(-n3ccc(CO)n3)nc(-n3ccc(CO)n3)c2)s1. The zero-order valence-electron chi connectivity index (χ0n) is 14.3. The van der Waals surface area contributed by atoms with Crippen LogP contribution in [0.2, 0.25) is 0 Å². The van der Waals surface area contributed by atoms with Crippen LogP contribution in [0, 0.1) is 10.1 Å². The molecule has 2 N–H and O–H groups in total. The molecule has 0 radical (unpaired) electrons. The summed E-state index contributed by atoms with van der Waals surface area (Å²) in [6.07, 6.45) is 3.33. The second-order valence-electron chi connectivity index (χ2n) is 5.79. The molecule has 4 rings (SSSR count). The second-order valence-corrected chi connectivity index (χ2v) is 6.85. The van der Waals surface area contributed by atoms with Gasteiger partial charge >= 0.3 is 5.00 Å². The summed E-state index contributed by atoms with van der Waals surface area (Å²) in [6.45, 7) is -0.397. The highest BCUT2D eigenvalue weighted by atomic mass is 32.1. The van der Waals surface area contributed by atoms with Crippen LogP contribution >= 0.6 is 11.3 Å². The van der Waals surface area contributed by atoms with Crippen molar-refractivity contribution in [2.75, 3.05) is 0 Å². The van der Waals surface area contributed by atoms with Crippen LogP contribution in [-0.4, -0.2) is 39.7 Å². The van der Waals surface area contributed by atoms with Crippen molar-refractivity contribution in [3.8, 4) is 22.1 Å². The molecule has 0 unspecified atom stereocenters. The van der Waals surface area contributed by atoms with E-state index in [0.29, 0.717) is 33.5 Å². The Morgan fingerprint density at radius 1 is 0.964 bits per heavy atom. The Morgan fingerprint density at radius 2 is 1.54 bits per heavy atom. The molecule has 0 aliphatic heterocycles. The van der Waals surface area contributed by atoms with Gasteiger partial charge in [-0.2, -0.15) is 10.2 Å². The van der Waals surface area contributed by atoms with Gasteiger partial charge in [0.1, 0.15) is 0 Å². The number of aliphatic hydroxyl groups excluding tert-OH is 2. The molecule has 10 nitrogen and oxygen atoms in total. The third kappa shape index (κ3) is 3.41. The van der Waals surface area contributed by atoms with E-state index in [1.807, 2.05) is 0 Å². The van der Waals surface area contributed by atoms with Gasteiger partial charge in [0.15, 0.2) is 11.6 Å². The van der Waals surface area contributed by atoms with E-state index in [9.17, 15) is 20.3 Å². The van der Waals surface area contributed by atoms with Gasteiger partial charge in [0.05, 0.1) is 29.5 Å². The summed E-state index contributed by atoms with van der Waals surface area (Å²) in [7, 11) is 0. The molecule has 0 aliphatic rings. The third-order valence-corrected chi connectivity index (χ3v) is 5.02. The zero-order chi connectivity index (χ0) is 19.7. The number of nitrogens with zero attached hydrogens (tertiary/aromatic N) is 6. The lowest BCUT2D eigenvalue weighted by Crippen LogP contribution is -2.05. The molecular formula is C17H14N6O4S. The number of aromatic nitrogens is 5. The number of hydrogen-bond acceptors (Lipinski definition) is 8. The quantitative estimate of drug-likeness (QED) is 0.375. The van der Waals surface area contributed by atoms with Crippen molar-refractivity contribution in [1.82, 2.24) is 24.5 Å². The molecule has 0 amide bonds. The Bertz CT molecular complexity index is 1090. The highest BCUT2D eigenvalue weighted by molar-refractivity contribution is 7.18. The predicted octanol–water partition coefficient (Wildman–Crippen LogP) is 2.07. The number of thiophene rings is 1. The number of rotatable bonds is 6. The van der Waals surface area contributed by atoms with Gasteiger partial charge in [0.2, 0.25) is 0 Å². The van der Waals surface area contributed by atoms with Gasteiger partial charge in [-0.1, -0.05) is 11.3 Å². The molecule has 28 heavy (non-hydrogen) atoms. The zero-order valence-corrected chi connectivity index (χ0v) is 15.2. The smallest absolute Gasteiger partial charge is 0.324 e. The Morgan fingerprint density at radius 3 is 1.96 bits per heavy atom. The van der Waals surface area contributed by atoms with E-state index in [1.54, 1.807) is 42.7 Å². The first-order valence-corrected chi connectivity index (χ1v) is 8.97. The maximum absolute atomic E-state index is 11.0. The van der Waals surface area contributed by atoms with Crippen LogP contribution in [0.4, 0.5) is 5.00 Å². The molecule has 4 aromatic rings. The maximum atomic E-state index is 11.0. The minimum Gasteiger partial charge on any atom is -0.390 e. The van der Waals surface area contributed by atoms with Crippen molar-refractivity contribution >= 4 is 16.3 Å². The van der Waals surface area contributed by atoms with Crippen molar-refractivity contribution in [1.29, 1.82) is 0 Å². The van der Waals surface area contributed by atoms with Crippen LogP contribution in [0.15, 0.2) is 48.8 Å². The summed E-state index contributed by atoms with van der Waals surface area (Å²) in [5.74, 6) is 0.925. The largest absolute Gasteiger partial charge is 0.390 e. The fraction of sp³-hybridized carbons (Fsp3) is 0.118. The first-order valence-electron chi connectivity index (χ1n) is 8.15. The molecule has 4 aromatic heterocycles. The minimum absolute atomic E-state index is 0.0400. The van der Waals surface area contributed by atoms with Crippen LogP contribution in [0.5, 0.6) is 0 Å². The Labute approximate surface area is 162 Å². The maximum Gasteiger partial charge on any atom is 0.324 e. The fourth-order valence-electron chi connectivity index (χ4n) is 2.61. The van der Waals surface area contributed by atoms with Crippen LogP contribution in [0.1, 0.15) is 11.4 Å². The van der Waals surface area contributed by atoms with Crippen LogP contribution in [0.25, 0.3) is 22.1 Å². The van der Waals surface area contributed by atoms with Crippen molar-refractivity contribution in [2.45, 2.75) is 13.2 Å². The average molecular weight is 398 g/mol. The van der Waals surface area contributed by atoms with E-state index in [0.717, 1.165) is 11.3 Å². The lowest BCUT2D eigenvalue weighted by atomic mass is 10.2. The summed E-state index contributed by atoms with van der Waals surface area (Å²) in [5, 5.41) is 38.1. The first kappa shape index (κ1) is 18.0. The van der Waals surface area contributed by atoms with Gasteiger partial charge in [0.25, 0.3) is 0 Å². The normalized spacial score (nSPS) is 11.1. The van der Waals surface area contributed by atoms with E-state index in [2.05, 4.69) is 15.2 Å². The van der Waals surface area contributed by atoms with E-state index in [-0.39, 0.29) is 18.2 Å². The lowest BCUT2D eigenvalue weighted by molar-refractivity contribution is -0.380. The summed E-state index contributed by atoms with van der Waals surface area (Å²) in [4.78, 5) is 15.8. The van der Waals surface area contributed by atoms with E-state index >= 15 is 0 Å². The monoisotopic (exact) mass is 398 g/mol. The molecule has 0 aromatic carbocycles. The van der Waals surface area contributed by atoms with Crippen molar-refractivity contribution < 1.29 is 15.1 Å². The average Bonchev–Trinajstić information content (AvgIpc) is 3.47. The molecule has 0 saturated carbocycles. The van der Waals surface area contributed by atoms with Crippen molar-refractivity contribution in [3.63, 3.8) is 0 Å². The topological polar surface area (TPSA) is 132 Å². The highest BCUT2D eigenvalue weighted by Crippen LogP contribution is 2.34. The number of pyridine rings is 1. The molecule has 4 heterocycles. The second kappa shape index (κ2) is 7.31. The number of aliphatic hydroxyl groups is 2. The summed E-state index contributed by atoms with van der Waals surface area (Å²) < 4.78 is 3.02. The van der Waals surface area contributed by atoms with E-state index in [1.165, 1.54) is 15.4 Å². The van der Waals surface area contributed by atoms with Gasteiger partial charge in [-0.3, -0.25) is 10.1 Å². The van der Waals surface area contributed by atoms with Crippen LogP contribution in [-0.2, 0) is 13.2 Å². The van der Waals surface area contributed by atoms with Gasteiger partial charge < -0.3 is 10.2 Å². The number of nitro groups is 1. The lowest BCUT2D eigenvalue weighted by Gasteiger charge is -2.08. The molecule has 142 valence electrons. The predicted molar refractivity (Wildman–Crippen MR) is 100 cm³/mol. The van der Waals surface area contributed by atoms with Crippen molar-refractivity contribution in [2.24, 2.45) is 0 Å². The van der Waals surface area contributed by atoms with Gasteiger partial charge in [-0.25, -0.2) is 14.3 Å². The van der Waals surface area contributed by atoms with Gasteiger partial charge in [-0.05, 0) is 35.9 Å². The molecule has 0 saturated heterocycles.